The smallest absolute Gasteiger partial charge is 0.203 e. The first-order valence-corrected chi connectivity index (χ1v) is 6.40. The van der Waals surface area contributed by atoms with Crippen LogP contribution in [0.25, 0.3) is 0 Å². The number of ether oxygens (including phenoxy) is 3. The van der Waals surface area contributed by atoms with E-state index >= 15 is 0 Å². The van der Waals surface area contributed by atoms with Gasteiger partial charge in [-0.15, -0.1) is 0 Å². The van der Waals surface area contributed by atoms with Gasteiger partial charge in [-0.05, 0) is 37.6 Å². The Morgan fingerprint density at radius 1 is 1.11 bits per heavy atom. The second-order valence-corrected chi connectivity index (χ2v) is 4.14. The zero-order chi connectivity index (χ0) is 14.1. The molecule has 0 saturated heterocycles. The van der Waals surface area contributed by atoms with Crippen LogP contribution in [-0.4, -0.2) is 39.6 Å². The van der Waals surface area contributed by atoms with E-state index in [1.165, 1.54) is 0 Å². The molecule has 0 atom stereocenters. The van der Waals surface area contributed by atoms with E-state index in [4.69, 9.17) is 19.3 Å². The minimum Gasteiger partial charge on any atom is -0.493 e. The molecule has 0 fully saturated rings. The van der Waals surface area contributed by atoms with E-state index in [-0.39, 0.29) is 6.61 Å². The van der Waals surface area contributed by atoms with Crippen molar-refractivity contribution >= 4 is 0 Å². The largest absolute Gasteiger partial charge is 0.493 e. The first-order valence-electron chi connectivity index (χ1n) is 6.40. The molecule has 0 heterocycles. The number of hydrogen-bond donors (Lipinski definition) is 2. The summed E-state index contributed by atoms with van der Waals surface area (Å²) in [6.07, 6.45) is 1.52. The third-order valence-corrected chi connectivity index (χ3v) is 2.70. The van der Waals surface area contributed by atoms with Crippen molar-refractivity contribution in [2.45, 2.75) is 19.4 Å². The summed E-state index contributed by atoms with van der Waals surface area (Å²) >= 11 is 0. The summed E-state index contributed by atoms with van der Waals surface area (Å²) in [4.78, 5) is 0. The van der Waals surface area contributed by atoms with Gasteiger partial charge in [0, 0.05) is 13.2 Å². The molecule has 1 aromatic carbocycles. The minimum absolute atomic E-state index is 0.179. The molecule has 1 rings (SSSR count). The summed E-state index contributed by atoms with van der Waals surface area (Å²) in [5.74, 6) is 1.94. The van der Waals surface area contributed by atoms with Crippen LogP contribution in [0.1, 0.15) is 18.4 Å². The number of aliphatic hydroxyl groups is 1. The van der Waals surface area contributed by atoms with Gasteiger partial charge in [0.05, 0.1) is 20.8 Å². The van der Waals surface area contributed by atoms with Crippen LogP contribution in [0.5, 0.6) is 17.2 Å². The standard InChI is InChI=1S/C14H23NO4/c1-15-10-11-8-12(17-2)14(13(9-11)18-3)19-7-5-4-6-16/h8-9,15-16H,4-7,10H2,1-3H3. The van der Waals surface area contributed by atoms with E-state index in [1.54, 1.807) is 14.2 Å². The van der Waals surface area contributed by atoms with Gasteiger partial charge in [0.15, 0.2) is 11.5 Å². The lowest BCUT2D eigenvalue weighted by atomic mass is 10.2. The van der Waals surface area contributed by atoms with Crippen molar-refractivity contribution < 1.29 is 19.3 Å². The minimum atomic E-state index is 0.179. The number of aliphatic hydroxyl groups excluding tert-OH is 1. The molecule has 0 unspecified atom stereocenters. The summed E-state index contributed by atoms with van der Waals surface area (Å²) in [6.45, 7) is 1.44. The van der Waals surface area contributed by atoms with Crippen LogP contribution in [-0.2, 0) is 6.54 Å². The first-order chi connectivity index (χ1) is 9.26. The van der Waals surface area contributed by atoms with Crippen LogP contribution in [0.15, 0.2) is 12.1 Å². The molecule has 19 heavy (non-hydrogen) atoms. The molecule has 0 radical (unpaired) electrons. The molecule has 0 saturated carbocycles. The molecular formula is C14H23NO4. The van der Waals surface area contributed by atoms with Crippen molar-refractivity contribution in [1.29, 1.82) is 0 Å². The average molecular weight is 269 g/mol. The van der Waals surface area contributed by atoms with Crippen molar-refractivity contribution in [3.63, 3.8) is 0 Å². The quantitative estimate of drug-likeness (QED) is 0.666. The normalized spacial score (nSPS) is 10.3. The third kappa shape index (κ3) is 4.61. The van der Waals surface area contributed by atoms with Gasteiger partial charge in [-0.2, -0.15) is 0 Å². The Bertz CT molecular complexity index is 357. The van der Waals surface area contributed by atoms with Crippen molar-refractivity contribution in [3.8, 4) is 17.2 Å². The fraction of sp³-hybridized carbons (Fsp3) is 0.571. The van der Waals surface area contributed by atoms with Crippen LogP contribution >= 0.6 is 0 Å². The molecule has 0 aliphatic carbocycles. The maximum Gasteiger partial charge on any atom is 0.203 e. The summed E-state index contributed by atoms with van der Waals surface area (Å²) in [7, 11) is 5.11. The molecule has 0 bridgehead atoms. The Kier molecular flexibility index (Phi) is 7.07. The summed E-state index contributed by atoms with van der Waals surface area (Å²) < 4.78 is 16.4. The van der Waals surface area contributed by atoms with E-state index in [0.29, 0.717) is 23.9 Å². The van der Waals surface area contributed by atoms with Gasteiger partial charge in [0.1, 0.15) is 0 Å². The van der Waals surface area contributed by atoms with Gasteiger partial charge in [0.25, 0.3) is 0 Å². The van der Waals surface area contributed by atoms with Gasteiger partial charge in [-0.25, -0.2) is 0 Å². The van der Waals surface area contributed by atoms with E-state index < -0.39 is 0 Å². The van der Waals surface area contributed by atoms with Crippen molar-refractivity contribution in [2.75, 3.05) is 34.5 Å². The Morgan fingerprint density at radius 3 is 2.21 bits per heavy atom. The molecule has 5 nitrogen and oxygen atoms in total. The number of hydrogen-bond acceptors (Lipinski definition) is 5. The van der Waals surface area contributed by atoms with Crippen LogP contribution in [0.2, 0.25) is 0 Å². The van der Waals surface area contributed by atoms with E-state index in [0.717, 1.165) is 24.9 Å². The lowest BCUT2D eigenvalue weighted by Gasteiger charge is -2.16. The molecule has 5 heteroatoms. The highest BCUT2D eigenvalue weighted by molar-refractivity contribution is 5.53. The maximum atomic E-state index is 8.75. The zero-order valence-corrected chi connectivity index (χ0v) is 11.9. The highest BCUT2D eigenvalue weighted by atomic mass is 16.5. The fourth-order valence-electron chi connectivity index (χ4n) is 1.77. The lowest BCUT2D eigenvalue weighted by Crippen LogP contribution is -2.07. The molecule has 0 aliphatic heterocycles. The first kappa shape index (κ1) is 15.6. The number of methoxy groups -OCH3 is 2. The Balaban J connectivity index is 2.86. The van der Waals surface area contributed by atoms with Gasteiger partial charge >= 0.3 is 0 Å². The van der Waals surface area contributed by atoms with Crippen molar-refractivity contribution in [1.82, 2.24) is 5.32 Å². The predicted molar refractivity (Wildman–Crippen MR) is 74.1 cm³/mol. The highest BCUT2D eigenvalue weighted by Crippen LogP contribution is 2.38. The number of nitrogens with one attached hydrogen (secondary N) is 1. The Labute approximate surface area is 114 Å². The number of benzene rings is 1. The third-order valence-electron chi connectivity index (χ3n) is 2.70. The SMILES string of the molecule is CNCc1cc(OC)c(OCCCCO)c(OC)c1. The Morgan fingerprint density at radius 2 is 1.74 bits per heavy atom. The van der Waals surface area contributed by atoms with E-state index in [9.17, 15) is 0 Å². The zero-order valence-electron chi connectivity index (χ0n) is 11.9. The molecule has 0 aliphatic rings. The molecule has 0 spiro atoms. The van der Waals surface area contributed by atoms with Crippen LogP contribution in [0, 0.1) is 0 Å². The van der Waals surface area contributed by atoms with Gasteiger partial charge in [-0.3, -0.25) is 0 Å². The molecule has 1 aromatic rings. The maximum absolute atomic E-state index is 8.75. The predicted octanol–water partition coefficient (Wildman–Crippen LogP) is 1.57. The van der Waals surface area contributed by atoms with Gasteiger partial charge in [0.2, 0.25) is 5.75 Å². The molecule has 0 amide bonds. The fourth-order valence-corrected chi connectivity index (χ4v) is 1.77. The number of unbranched alkanes of at least 4 members (excludes halogenated alkanes) is 1. The summed E-state index contributed by atoms with van der Waals surface area (Å²) in [5, 5.41) is 11.8. The topological polar surface area (TPSA) is 60.0 Å². The second kappa shape index (κ2) is 8.61. The van der Waals surface area contributed by atoms with Gasteiger partial charge < -0.3 is 24.6 Å². The summed E-state index contributed by atoms with van der Waals surface area (Å²) in [5.41, 5.74) is 1.07. The molecule has 108 valence electrons. The monoisotopic (exact) mass is 269 g/mol. The molecular weight excluding hydrogens is 246 g/mol. The number of rotatable bonds is 9. The van der Waals surface area contributed by atoms with Crippen molar-refractivity contribution in [2.24, 2.45) is 0 Å². The summed E-state index contributed by atoms with van der Waals surface area (Å²) in [6, 6.07) is 3.86. The van der Waals surface area contributed by atoms with E-state index in [2.05, 4.69) is 5.32 Å². The van der Waals surface area contributed by atoms with Crippen molar-refractivity contribution in [3.05, 3.63) is 17.7 Å². The lowest BCUT2D eigenvalue weighted by molar-refractivity contribution is 0.240. The second-order valence-electron chi connectivity index (χ2n) is 4.14. The van der Waals surface area contributed by atoms with Crippen LogP contribution in [0.4, 0.5) is 0 Å². The highest BCUT2D eigenvalue weighted by Gasteiger charge is 2.13. The van der Waals surface area contributed by atoms with Crippen LogP contribution in [0.3, 0.4) is 0 Å². The molecule has 0 aromatic heterocycles. The average Bonchev–Trinajstić information content (AvgIpc) is 2.44. The van der Waals surface area contributed by atoms with E-state index in [1.807, 2.05) is 19.2 Å². The van der Waals surface area contributed by atoms with Gasteiger partial charge in [-0.1, -0.05) is 0 Å². The Hall–Kier alpha value is -1.46. The molecule has 2 N–H and O–H groups in total. The van der Waals surface area contributed by atoms with Crippen LogP contribution < -0.4 is 19.5 Å².